The fraction of sp³-hybridized carbons (Fsp3) is 0.278. The van der Waals surface area contributed by atoms with Crippen LogP contribution in [0.1, 0.15) is 24.9 Å². The van der Waals surface area contributed by atoms with Gasteiger partial charge in [-0.15, -0.1) is 0 Å². The molecule has 0 aromatic heterocycles. The van der Waals surface area contributed by atoms with Crippen LogP contribution in [0.5, 0.6) is 17.2 Å². The number of urea groups is 1. The summed E-state index contributed by atoms with van der Waals surface area (Å²) in [5, 5.41) is 3.95. The summed E-state index contributed by atoms with van der Waals surface area (Å²) in [4.78, 5) is 14.5. The zero-order chi connectivity index (χ0) is 18.1. The summed E-state index contributed by atoms with van der Waals surface area (Å²) < 4.78 is 17.0. The molecule has 1 N–H and O–H groups in total. The monoisotopic (exact) mass is 392 g/mol. The molecule has 2 aromatic rings. The van der Waals surface area contributed by atoms with Gasteiger partial charge >= 0.3 is 6.03 Å². The predicted octanol–water partition coefficient (Wildman–Crippen LogP) is 4.49. The number of nitrogens with zero attached hydrogens (tertiary/aromatic N) is 1. The standard InChI is InChI=1S/C18H14Cl2N2O4/c1-18-7-13(11-4-9(19)5-12(20)16(11)26-18)21-17(23)22(18)10-2-3-14-15(6-10)25-8-24-14/h2-6,13H,7-8H2,1H3,(H,21,23). The molecule has 2 atom stereocenters. The van der Waals surface area contributed by atoms with Crippen molar-refractivity contribution < 1.29 is 19.0 Å². The van der Waals surface area contributed by atoms with Crippen LogP contribution >= 0.6 is 23.2 Å². The quantitative estimate of drug-likeness (QED) is 0.776. The van der Waals surface area contributed by atoms with Crippen LogP contribution < -0.4 is 24.4 Å². The minimum absolute atomic E-state index is 0.171. The number of carbonyl (C=O) groups is 1. The molecule has 8 heteroatoms. The van der Waals surface area contributed by atoms with E-state index in [2.05, 4.69) is 5.32 Å². The van der Waals surface area contributed by atoms with Gasteiger partial charge in [0, 0.05) is 23.1 Å². The summed E-state index contributed by atoms with van der Waals surface area (Å²) in [5.41, 5.74) is 0.547. The SMILES string of the molecule is CC12CC(NC(=O)N1c1ccc3c(c1)OCO3)c1cc(Cl)cc(Cl)c1O2. The highest BCUT2D eigenvalue weighted by molar-refractivity contribution is 6.35. The van der Waals surface area contributed by atoms with Crippen LogP contribution in [0, 0.1) is 0 Å². The summed E-state index contributed by atoms with van der Waals surface area (Å²) >= 11 is 12.5. The topological polar surface area (TPSA) is 60.0 Å². The average Bonchev–Trinajstić information content (AvgIpc) is 3.03. The lowest BCUT2D eigenvalue weighted by atomic mass is 9.90. The predicted molar refractivity (Wildman–Crippen MR) is 96.4 cm³/mol. The van der Waals surface area contributed by atoms with Gasteiger partial charge in [0.1, 0.15) is 5.75 Å². The Morgan fingerprint density at radius 3 is 2.85 bits per heavy atom. The van der Waals surface area contributed by atoms with Crippen molar-refractivity contribution in [3.63, 3.8) is 0 Å². The average molecular weight is 393 g/mol. The van der Waals surface area contributed by atoms with E-state index in [0.717, 1.165) is 5.56 Å². The molecule has 3 aliphatic heterocycles. The minimum atomic E-state index is -0.898. The third-order valence-corrected chi connectivity index (χ3v) is 5.40. The normalized spacial score (nSPS) is 25.4. The summed E-state index contributed by atoms with van der Waals surface area (Å²) in [6, 6.07) is 8.30. The van der Waals surface area contributed by atoms with Gasteiger partial charge in [-0.2, -0.15) is 0 Å². The molecule has 5 rings (SSSR count). The fourth-order valence-electron chi connectivity index (χ4n) is 3.81. The molecular formula is C18H14Cl2N2O4. The van der Waals surface area contributed by atoms with Gasteiger partial charge in [0.25, 0.3) is 0 Å². The third-order valence-electron chi connectivity index (χ3n) is 4.91. The number of halogens is 2. The first kappa shape index (κ1) is 15.9. The number of hydrogen-bond donors (Lipinski definition) is 1. The number of nitrogens with one attached hydrogen (secondary N) is 1. The summed E-state index contributed by atoms with van der Waals surface area (Å²) in [7, 11) is 0. The lowest BCUT2D eigenvalue weighted by molar-refractivity contribution is 0.0379. The molecule has 0 saturated carbocycles. The largest absolute Gasteiger partial charge is 0.466 e. The smallest absolute Gasteiger partial charge is 0.325 e. The Morgan fingerprint density at radius 2 is 2.00 bits per heavy atom. The van der Waals surface area contributed by atoms with Crippen LogP contribution in [0.3, 0.4) is 0 Å². The number of benzene rings is 2. The Labute approximate surface area is 159 Å². The summed E-state index contributed by atoms with van der Waals surface area (Å²) in [5.74, 6) is 1.80. The number of rotatable bonds is 1. The Hall–Kier alpha value is -2.31. The van der Waals surface area contributed by atoms with E-state index in [1.807, 2.05) is 6.92 Å². The van der Waals surface area contributed by atoms with Gasteiger partial charge in [0.2, 0.25) is 6.79 Å². The van der Waals surface area contributed by atoms with Gasteiger partial charge in [-0.3, -0.25) is 4.90 Å². The molecule has 0 aliphatic carbocycles. The van der Waals surface area contributed by atoms with Gasteiger partial charge in [0.05, 0.1) is 16.8 Å². The van der Waals surface area contributed by atoms with Gasteiger partial charge < -0.3 is 19.5 Å². The molecule has 1 saturated heterocycles. The van der Waals surface area contributed by atoms with Crippen molar-refractivity contribution in [3.8, 4) is 17.2 Å². The van der Waals surface area contributed by atoms with E-state index >= 15 is 0 Å². The van der Waals surface area contributed by atoms with Gasteiger partial charge in [-0.05, 0) is 31.2 Å². The molecule has 3 aliphatic rings. The van der Waals surface area contributed by atoms with Gasteiger partial charge in [-0.1, -0.05) is 23.2 Å². The first-order valence-corrected chi connectivity index (χ1v) is 8.88. The molecule has 2 aromatic carbocycles. The summed E-state index contributed by atoms with van der Waals surface area (Å²) in [6.07, 6.45) is 0.552. The van der Waals surface area contributed by atoms with Crippen molar-refractivity contribution in [3.05, 3.63) is 45.9 Å². The first-order chi connectivity index (χ1) is 12.4. The van der Waals surface area contributed by atoms with E-state index in [-0.39, 0.29) is 18.9 Å². The highest BCUT2D eigenvalue weighted by Crippen LogP contribution is 2.49. The molecule has 134 valence electrons. The second kappa shape index (κ2) is 5.34. The van der Waals surface area contributed by atoms with Crippen LogP contribution in [0.2, 0.25) is 10.0 Å². The van der Waals surface area contributed by atoms with Crippen molar-refractivity contribution in [2.75, 3.05) is 11.7 Å². The maximum absolute atomic E-state index is 12.9. The van der Waals surface area contributed by atoms with Crippen LogP contribution in [0.15, 0.2) is 30.3 Å². The van der Waals surface area contributed by atoms with Gasteiger partial charge in [0.15, 0.2) is 17.2 Å². The number of carbonyl (C=O) groups excluding carboxylic acids is 1. The van der Waals surface area contributed by atoms with Gasteiger partial charge in [-0.25, -0.2) is 4.79 Å². The molecule has 0 spiro atoms. The highest BCUT2D eigenvalue weighted by Gasteiger charge is 2.50. The molecule has 26 heavy (non-hydrogen) atoms. The van der Waals surface area contributed by atoms with Crippen molar-refractivity contribution in [2.45, 2.75) is 25.1 Å². The van der Waals surface area contributed by atoms with E-state index in [0.29, 0.717) is 39.4 Å². The molecule has 2 unspecified atom stereocenters. The second-order valence-corrected chi connectivity index (χ2v) is 7.51. The van der Waals surface area contributed by atoms with Crippen LogP contribution in [0.25, 0.3) is 0 Å². The Kier molecular flexibility index (Phi) is 3.27. The van der Waals surface area contributed by atoms with E-state index in [9.17, 15) is 4.79 Å². The van der Waals surface area contributed by atoms with Crippen molar-refractivity contribution in [2.24, 2.45) is 0 Å². The molecule has 0 radical (unpaired) electrons. The minimum Gasteiger partial charge on any atom is -0.466 e. The highest BCUT2D eigenvalue weighted by atomic mass is 35.5. The Bertz CT molecular complexity index is 951. The second-order valence-electron chi connectivity index (χ2n) is 6.66. The third kappa shape index (κ3) is 2.22. The van der Waals surface area contributed by atoms with Crippen LogP contribution in [0.4, 0.5) is 10.5 Å². The maximum atomic E-state index is 12.9. The zero-order valence-corrected chi connectivity index (χ0v) is 15.2. The van der Waals surface area contributed by atoms with E-state index in [1.54, 1.807) is 35.2 Å². The van der Waals surface area contributed by atoms with E-state index in [4.69, 9.17) is 37.4 Å². The first-order valence-electron chi connectivity index (χ1n) is 8.13. The molecule has 2 bridgehead atoms. The molecule has 2 amide bonds. The Morgan fingerprint density at radius 1 is 1.19 bits per heavy atom. The van der Waals surface area contributed by atoms with Crippen molar-refractivity contribution >= 4 is 34.9 Å². The number of ether oxygens (including phenoxy) is 3. The number of fused-ring (bicyclic) bond motifs is 5. The van der Waals surface area contributed by atoms with E-state index < -0.39 is 5.72 Å². The van der Waals surface area contributed by atoms with Crippen LogP contribution in [-0.2, 0) is 0 Å². The van der Waals surface area contributed by atoms with E-state index in [1.165, 1.54) is 0 Å². The lowest BCUT2D eigenvalue weighted by Gasteiger charge is -2.50. The number of anilines is 1. The number of amides is 2. The van der Waals surface area contributed by atoms with Crippen LogP contribution in [-0.4, -0.2) is 18.5 Å². The molecular weight excluding hydrogens is 379 g/mol. The lowest BCUT2D eigenvalue weighted by Crippen LogP contribution is -2.65. The maximum Gasteiger partial charge on any atom is 0.325 e. The zero-order valence-electron chi connectivity index (χ0n) is 13.7. The summed E-state index contributed by atoms with van der Waals surface area (Å²) in [6.45, 7) is 2.04. The molecule has 6 nitrogen and oxygen atoms in total. The van der Waals surface area contributed by atoms with Crippen molar-refractivity contribution in [1.82, 2.24) is 5.32 Å². The number of hydrogen-bond acceptors (Lipinski definition) is 4. The molecule has 1 fully saturated rings. The fourth-order valence-corrected chi connectivity index (χ4v) is 4.35. The van der Waals surface area contributed by atoms with Crippen molar-refractivity contribution in [1.29, 1.82) is 0 Å². The Balaban J connectivity index is 1.60. The molecule has 3 heterocycles.